The topological polar surface area (TPSA) is 46.2 Å². The number of likely N-dealkylation sites (N-methyl/N-ethyl adjacent to an activating group) is 1. The molecule has 2 aromatic rings. The second-order valence-corrected chi connectivity index (χ2v) is 7.54. The predicted molar refractivity (Wildman–Crippen MR) is 111 cm³/mol. The maximum absolute atomic E-state index is 5.95. The monoisotopic (exact) mass is 392 g/mol. The summed E-state index contributed by atoms with van der Waals surface area (Å²) in [5, 5.41) is 2.06. The maximum atomic E-state index is 5.95. The molecule has 0 aliphatic rings. The molecule has 156 valence electrons. The van der Waals surface area contributed by atoms with E-state index in [1.807, 2.05) is 36.4 Å². The van der Waals surface area contributed by atoms with Gasteiger partial charge in [-0.25, -0.2) is 0 Å². The van der Waals surface area contributed by atoms with Crippen LogP contribution in [0.2, 0.25) is 0 Å². The smallest absolute Gasteiger partial charge is 0.127 e. The summed E-state index contributed by atoms with van der Waals surface area (Å²) in [6.45, 7) is 4.99. The second kappa shape index (κ2) is 11.9. The van der Waals surface area contributed by atoms with Crippen LogP contribution < -0.4 is 9.47 Å². The number of hydrogen-bond acceptors (Lipinski definition) is 5. The van der Waals surface area contributed by atoms with Gasteiger partial charge < -0.3 is 28.2 Å². The molecule has 0 radical (unpaired) electrons. The van der Waals surface area contributed by atoms with E-state index in [0.717, 1.165) is 39.9 Å². The fraction of sp³-hybridized carbons (Fsp3) is 0.545. The molecule has 0 heterocycles. The van der Waals surface area contributed by atoms with Gasteiger partial charge >= 0.3 is 0 Å². The van der Waals surface area contributed by atoms with Crippen LogP contribution in [0.3, 0.4) is 0 Å². The van der Waals surface area contributed by atoms with Crippen molar-refractivity contribution >= 4 is 10.8 Å². The van der Waals surface area contributed by atoms with Crippen LogP contribution in [-0.4, -0.2) is 85.5 Å². The number of quaternary nitrogens is 1. The Morgan fingerprint density at radius 2 is 1.14 bits per heavy atom. The molecular weight excluding hydrogens is 358 g/mol. The molecule has 0 fully saturated rings. The summed E-state index contributed by atoms with van der Waals surface area (Å²) >= 11 is 0. The molecule has 0 unspecified atom stereocenters. The van der Waals surface area contributed by atoms with E-state index in [4.69, 9.17) is 23.7 Å². The lowest BCUT2D eigenvalue weighted by Crippen LogP contribution is -2.37. The summed E-state index contributed by atoms with van der Waals surface area (Å²) < 4.78 is 28.8. The van der Waals surface area contributed by atoms with E-state index in [-0.39, 0.29) is 0 Å². The Morgan fingerprint density at radius 1 is 0.643 bits per heavy atom. The first-order valence-electron chi connectivity index (χ1n) is 9.73. The van der Waals surface area contributed by atoms with Crippen LogP contribution in [-0.2, 0) is 14.2 Å². The normalized spacial score (nSPS) is 11.7. The number of ether oxygens (including phenoxy) is 5. The molecule has 0 aliphatic heterocycles. The minimum absolute atomic E-state index is 0.494. The molecule has 2 rings (SSSR count). The van der Waals surface area contributed by atoms with Crippen LogP contribution in [0.5, 0.6) is 11.5 Å². The molecule has 0 saturated heterocycles. The molecule has 0 aromatic heterocycles. The van der Waals surface area contributed by atoms with Gasteiger partial charge in [0.25, 0.3) is 0 Å². The summed E-state index contributed by atoms with van der Waals surface area (Å²) in [6, 6.07) is 12.0. The van der Waals surface area contributed by atoms with Crippen molar-refractivity contribution in [2.45, 2.75) is 0 Å². The zero-order chi connectivity index (χ0) is 20.2. The third-order valence-corrected chi connectivity index (χ3v) is 4.15. The van der Waals surface area contributed by atoms with Crippen LogP contribution in [0.4, 0.5) is 0 Å². The van der Waals surface area contributed by atoms with E-state index in [1.54, 1.807) is 7.11 Å². The Balaban J connectivity index is 1.84. The lowest BCUT2D eigenvalue weighted by Gasteiger charge is -2.23. The highest BCUT2D eigenvalue weighted by atomic mass is 16.5. The molecule has 0 amide bonds. The van der Waals surface area contributed by atoms with Crippen molar-refractivity contribution in [2.24, 2.45) is 0 Å². The minimum Gasteiger partial charge on any atom is -0.491 e. The first-order valence-corrected chi connectivity index (χ1v) is 9.73. The number of hydrogen-bond donors (Lipinski definition) is 0. The molecule has 0 atom stereocenters. The van der Waals surface area contributed by atoms with E-state index in [1.165, 1.54) is 0 Å². The van der Waals surface area contributed by atoms with Gasteiger partial charge in [-0.15, -0.1) is 0 Å². The molecule has 0 bridgehead atoms. The Hall–Kier alpha value is -1.86. The van der Waals surface area contributed by atoms with E-state index >= 15 is 0 Å². The van der Waals surface area contributed by atoms with Crippen LogP contribution in [0, 0.1) is 0 Å². The van der Waals surface area contributed by atoms with Crippen molar-refractivity contribution in [3.63, 3.8) is 0 Å². The average molecular weight is 393 g/mol. The number of benzene rings is 2. The largest absolute Gasteiger partial charge is 0.491 e. The molecule has 6 nitrogen and oxygen atoms in total. The molecule has 0 spiro atoms. The number of nitrogens with zero attached hydrogens (tertiary/aromatic N) is 1. The maximum Gasteiger partial charge on any atom is 0.127 e. The summed E-state index contributed by atoms with van der Waals surface area (Å²) in [5.74, 6) is 1.67. The van der Waals surface area contributed by atoms with Gasteiger partial charge in [-0.2, -0.15) is 0 Å². The standard InChI is InChI=1S/C22H34NO5/c1-23(2,3)11-12-25-15-17-27-21-9-5-8-20-19(21)7-6-10-22(20)28-18-16-26-14-13-24-4/h5-10H,11-18H2,1-4H3/q+1. The number of methoxy groups -OCH3 is 1. The van der Waals surface area contributed by atoms with E-state index in [9.17, 15) is 0 Å². The van der Waals surface area contributed by atoms with E-state index in [2.05, 4.69) is 21.1 Å². The number of fused-ring (bicyclic) bond motifs is 1. The lowest BCUT2D eigenvalue weighted by molar-refractivity contribution is -0.870. The lowest BCUT2D eigenvalue weighted by atomic mass is 10.1. The SMILES string of the molecule is COCCOCCOc1cccc2c(OCCOCC[N+](C)(C)C)cccc12. The van der Waals surface area contributed by atoms with E-state index < -0.39 is 0 Å². The van der Waals surface area contributed by atoms with Crippen molar-refractivity contribution in [2.75, 3.05) is 81.0 Å². The number of rotatable bonds is 14. The third kappa shape index (κ3) is 8.02. The first kappa shape index (κ1) is 22.4. The van der Waals surface area contributed by atoms with Crippen LogP contribution in [0.25, 0.3) is 10.8 Å². The van der Waals surface area contributed by atoms with Crippen molar-refractivity contribution < 1.29 is 28.2 Å². The van der Waals surface area contributed by atoms with Gasteiger partial charge in [-0.05, 0) is 12.1 Å². The quantitative estimate of drug-likeness (QED) is 0.365. The fourth-order valence-corrected chi connectivity index (χ4v) is 2.61. The minimum atomic E-state index is 0.494. The Bertz CT molecular complexity index is 699. The fourth-order valence-electron chi connectivity index (χ4n) is 2.61. The van der Waals surface area contributed by atoms with Crippen molar-refractivity contribution in [3.05, 3.63) is 36.4 Å². The zero-order valence-corrected chi connectivity index (χ0v) is 17.6. The van der Waals surface area contributed by atoms with Crippen LogP contribution in [0.15, 0.2) is 36.4 Å². The summed E-state index contributed by atoms with van der Waals surface area (Å²) in [7, 11) is 8.12. The van der Waals surface area contributed by atoms with Crippen LogP contribution >= 0.6 is 0 Å². The van der Waals surface area contributed by atoms with E-state index in [0.29, 0.717) is 39.6 Å². The van der Waals surface area contributed by atoms with Gasteiger partial charge in [0.1, 0.15) is 31.3 Å². The highest BCUT2D eigenvalue weighted by molar-refractivity contribution is 5.93. The summed E-state index contributed by atoms with van der Waals surface area (Å²) in [5.41, 5.74) is 0. The van der Waals surface area contributed by atoms with Gasteiger partial charge in [0.15, 0.2) is 0 Å². The second-order valence-electron chi connectivity index (χ2n) is 7.54. The Morgan fingerprint density at radius 3 is 1.64 bits per heavy atom. The van der Waals surface area contributed by atoms with Crippen molar-refractivity contribution in [1.82, 2.24) is 0 Å². The predicted octanol–water partition coefficient (Wildman–Crippen LogP) is 2.98. The molecule has 2 aromatic carbocycles. The molecular formula is C22H34NO5+. The first-order chi connectivity index (χ1) is 13.5. The van der Waals surface area contributed by atoms with Gasteiger partial charge in [-0.1, -0.05) is 24.3 Å². The van der Waals surface area contributed by atoms with Gasteiger partial charge in [-0.3, -0.25) is 0 Å². The molecule has 0 aliphatic carbocycles. The van der Waals surface area contributed by atoms with Crippen molar-refractivity contribution in [3.8, 4) is 11.5 Å². The Labute approximate surface area is 168 Å². The summed E-state index contributed by atoms with van der Waals surface area (Å²) in [6.07, 6.45) is 0. The highest BCUT2D eigenvalue weighted by Gasteiger charge is 2.08. The molecule has 0 N–H and O–H groups in total. The van der Waals surface area contributed by atoms with Gasteiger partial charge in [0.2, 0.25) is 0 Å². The average Bonchev–Trinajstić information content (AvgIpc) is 2.66. The van der Waals surface area contributed by atoms with Crippen molar-refractivity contribution in [1.29, 1.82) is 0 Å². The molecule has 6 heteroatoms. The highest BCUT2D eigenvalue weighted by Crippen LogP contribution is 2.32. The van der Waals surface area contributed by atoms with Gasteiger partial charge in [0.05, 0.1) is 54.2 Å². The summed E-state index contributed by atoms with van der Waals surface area (Å²) in [4.78, 5) is 0. The molecule has 28 heavy (non-hydrogen) atoms. The third-order valence-electron chi connectivity index (χ3n) is 4.15. The Kier molecular flexibility index (Phi) is 9.50. The zero-order valence-electron chi connectivity index (χ0n) is 17.6. The van der Waals surface area contributed by atoms with Gasteiger partial charge in [0, 0.05) is 17.9 Å². The van der Waals surface area contributed by atoms with Crippen LogP contribution in [0.1, 0.15) is 0 Å². The molecule has 0 saturated carbocycles.